The summed E-state index contributed by atoms with van der Waals surface area (Å²) in [6, 6.07) is 16.6. The molecule has 0 aliphatic rings. The average molecular weight is 332 g/mol. The van der Waals surface area contributed by atoms with Gasteiger partial charge in [0.05, 0.1) is 0 Å². The zero-order valence-electron chi connectivity index (χ0n) is 13.4. The van der Waals surface area contributed by atoms with Crippen LogP contribution in [-0.2, 0) is 4.79 Å². The van der Waals surface area contributed by atoms with Crippen LogP contribution in [0.4, 0.5) is 5.69 Å². The first-order valence-corrected chi connectivity index (χ1v) is 7.93. The van der Waals surface area contributed by atoms with Gasteiger partial charge >= 0.3 is 0 Å². The third kappa shape index (κ3) is 5.58. The van der Waals surface area contributed by atoms with E-state index in [-0.39, 0.29) is 5.91 Å². The van der Waals surface area contributed by atoms with Gasteiger partial charge in [0.15, 0.2) is 0 Å². The number of rotatable bonds is 7. The van der Waals surface area contributed by atoms with Crippen LogP contribution in [-0.4, -0.2) is 38.0 Å². The lowest BCUT2D eigenvalue weighted by Gasteiger charge is -2.20. The van der Waals surface area contributed by atoms with Crippen LogP contribution in [0.2, 0.25) is 5.02 Å². The van der Waals surface area contributed by atoms with E-state index in [0.29, 0.717) is 11.6 Å². The monoisotopic (exact) mass is 331 g/mol. The Balaban J connectivity index is 2.11. The van der Waals surface area contributed by atoms with Gasteiger partial charge in [-0.15, -0.1) is 0 Å². The third-order valence-electron chi connectivity index (χ3n) is 3.41. The summed E-state index contributed by atoms with van der Waals surface area (Å²) in [4.78, 5) is 14.6. The van der Waals surface area contributed by atoms with Gasteiger partial charge in [0.2, 0.25) is 5.91 Å². The maximum absolute atomic E-state index is 12.6. The lowest BCUT2D eigenvalue weighted by Crippen LogP contribution is -2.37. The Morgan fingerprint density at radius 1 is 1.09 bits per heavy atom. The Hall–Kier alpha value is -2.04. The van der Waals surface area contributed by atoms with Crippen LogP contribution in [0, 0.1) is 0 Å². The van der Waals surface area contributed by atoms with Crippen molar-refractivity contribution in [3.05, 3.63) is 65.2 Å². The molecule has 2 N–H and O–H groups in total. The van der Waals surface area contributed by atoms with E-state index in [4.69, 9.17) is 11.6 Å². The molecular formula is C18H22ClN3O. The molecule has 0 aromatic heterocycles. The zero-order valence-corrected chi connectivity index (χ0v) is 14.2. The lowest BCUT2D eigenvalue weighted by molar-refractivity contribution is -0.122. The van der Waals surface area contributed by atoms with E-state index in [9.17, 15) is 4.79 Å². The molecule has 122 valence electrons. The van der Waals surface area contributed by atoms with E-state index >= 15 is 0 Å². The molecule has 1 unspecified atom stereocenters. The molecule has 4 nitrogen and oxygen atoms in total. The first-order valence-electron chi connectivity index (χ1n) is 7.56. The second kappa shape index (κ2) is 8.56. The Morgan fingerprint density at radius 3 is 2.35 bits per heavy atom. The molecule has 2 rings (SSSR count). The van der Waals surface area contributed by atoms with Crippen molar-refractivity contribution in [1.29, 1.82) is 0 Å². The number of halogens is 1. The molecule has 0 aliphatic carbocycles. The number of nitrogens with one attached hydrogen (secondary N) is 2. The topological polar surface area (TPSA) is 44.4 Å². The van der Waals surface area contributed by atoms with Gasteiger partial charge in [-0.2, -0.15) is 0 Å². The molecule has 0 saturated heterocycles. The molecule has 0 aliphatic heterocycles. The molecule has 0 bridgehead atoms. The smallest absolute Gasteiger partial charge is 0.247 e. The number of carbonyl (C=O) groups excluding carboxylic acids is 1. The molecule has 5 heteroatoms. The minimum absolute atomic E-state index is 0.0481. The van der Waals surface area contributed by atoms with E-state index in [2.05, 4.69) is 10.6 Å². The van der Waals surface area contributed by atoms with Crippen molar-refractivity contribution in [2.45, 2.75) is 6.04 Å². The van der Waals surface area contributed by atoms with Crippen molar-refractivity contribution in [1.82, 2.24) is 10.2 Å². The molecule has 0 fully saturated rings. The standard InChI is InChI=1S/C18H22ClN3O/c1-22(2)13-12-20-18(23)17(14-6-4-3-5-7-14)21-16-10-8-15(19)9-11-16/h3-11,17,21H,12-13H2,1-2H3,(H,20,23). The average Bonchev–Trinajstić information content (AvgIpc) is 2.54. The number of nitrogens with zero attached hydrogens (tertiary/aromatic N) is 1. The number of likely N-dealkylation sites (N-methyl/N-ethyl adjacent to an activating group) is 1. The van der Waals surface area contributed by atoms with Crippen molar-refractivity contribution < 1.29 is 4.79 Å². The SMILES string of the molecule is CN(C)CCNC(=O)C(Nc1ccc(Cl)cc1)c1ccccc1. The van der Waals surface area contributed by atoms with E-state index in [0.717, 1.165) is 17.8 Å². The van der Waals surface area contributed by atoms with Crippen molar-refractivity contribution in [2.24, 2.45) is 0 Å². The molecule has 0 spiro atoms. The highest BCUT2D eigenvalue weighted by molar-refractivity contribution is 6.30. The second-order valence-electron chi connectivity index (χ2n) is 5.59. The maximum atomic E-state index is 12.6. The van der Waals surface area contributed by atoms with Crippen molar-refractivity contribution >= 4 is 23.2 Å². The summed E-state index contributed by atoms with van der Waals surface area (Å²) in [7, 11) is 3.96. The summed E-state index contributed by atoms with van der Waals surface area (Å²) >= 11 is 5.91. The van der Waals surface area contributed by atoms with Crippen LogP contribution < -0.4 is 10.6 Å². The normalized spacial score (nSPS) is 12.0. The van der Waals surface area contributed by atoms with Crippen LogP contribution in [0.15, 0.2) is 54.6 Å². The summed E-state index contributed by atoms with van der Waals surface area (Å²) < 4.78 is 0. The third-order valence-corrected chi connectivity index (χ3v) is 3.66. The quantitative estimate of drug-likeness (QED) is 0.819. The molecule has 0 saturated carbocycles. The summed E-state index contributed by atoms with van der Waals surface area (Å²) in [5.41, 5.74) is 1.77. The van der Waals surface area contributed by atoms with Crippen molar-refractivity contribution in [3.63, 3.8) is 0 Å². The van der Waals surface area contributed by atoms with Gasteiger partial charge in [-0.05, 0) is 43.9 Å². The van der Waals surface area contributed by atoms with Gasteiger partial charge < -0.3 is 15.5 Å². The maximum Gasteiger partial charge on any atom is 0.247 e. The molecule has 23 heavy (non-hydrogen) atoms. The highest BCUT2D eigenvalue weighted by Gasteiger charge is 2.20. The second-order valence-corrected chi connectivity index (χ2v) is 6.03. The van der Waals surface area contributed by atoms with Gasteiger partial charge in [-0.25, -0.2) is 0 Å². The van der Waals surface area contributed by atoms with Gasteiger partial charge in [0.25, 0.3) is 0 Å². The van der Waals surface area contributed by atoms with E-state index in [1.807, 2.05) is 61.5 Å². The lowest BCUT2D eigenvalue weighted by atomic mass is 10.1. The van der Waals surface area contributed by atoms with E-state index < -0.39 is 6.04 Å². The summed E-state index contributed by atoms with van der Waals surface area (Å²) in [6.45, 7) is 1.41. The van der Waals surface area contributed by atoms with Crippen LogP contribution in [0.3, 0.4) is 0 Å². The number of hydrogen-bond acceptors (Lipinski definition) is 3. The van der Waals surface area contributed by atoms with Crippen LogP contribution in [0.25, 0.3) is 0 Å². The minimum atomic E-state index is -0.445. The number of hydrogen-bond donors (Lipinski definition) is 2. The van der Waals surface area contributed by atoms with Crippen molar-refractivity contribution in [2.75, 3.05) is 32.5 Å². The first-order chi connectivity index (χ1) is 11.1. The fourth-order valence-electron chi connectivity index (χ4n) is 2.16. The fourth-order valence-corrected chi connectivity index (χ4v) is 2.29. The number of anilines is 1. The Kier molecular flexibility index (Phi) is 6.44. The van der Waals surface area contributed by atoms with E-state index in [1.54, 1.807) is 12.1 Å². The Labute approximate surface area is 142 Å². The van der Waals surface area contributed by atoms with Gasteiger partial charge in [0.1, 0.15) is 6.04 Å². The number of benzene rings is 2. The molecule has 1 amide bonds. The molecule has 2 aromatic rings. The van der Waals surface area contributed by atoms with Gasteiger partial charge in [-0.3, -0.25) is 4.79 Å². The predicted molar refractivity (Wildman–Crippen MR) is 95.8 cm³/mol. The molecule has 0 heterocycles. The van der Waals surface area contributed by atoms with Crippen LogP contribution >= 0.6 is 11.6 Å². The largest absolute Gasteiger partial charge is 0.370 e. The molecule has 2 aromatic carbocycles. The summed E-state index contributed by atoms with van der Waals surface area (Å²) in [6.07, 6.45) is 0. The Bertz CT molecular complexity index is 614. The zero-order chi connectivity index (χ0) is 16.7. The van der Waals surface area contributed by atoms with Gasteiger partial charge in [-0.1, -0.05) is 41.9 Å². The van der Waals surface area contributed by atoms with Crippen molar-refractivity contribution in [3.8, 4) is 0 Å². The van der Waals surface area contributed by atoms with Crippen LogP contribution in [0.5, 0.6) is 0 Å². The first kappa shape index (κ1) is 17.3. The highest BCUT2D eigenvalue weighted by atomic mass is 35.5. The molecule has 1 atom stereocenters. The minimum Gasteiger partial charge on any atom is -0.370 e. The van der Waals surface area contributed by atoms with Gasteiger partial charge in [0, 0.05) is 23.8 Å². The summed E-state index contributed by atoms with van der Waals surface area (Å²) in [5.74, 6) is -0.0481. The fraction of sp³-hybridized carbons (Fsp3) is 0.278. The molecule has 0 radical (unpaired) electrons. The highest BCUT2D eigenvalue weighted by Crippen LogP contribution is 2.21. The summed E-state index contributed by atoms with van der Waals surface area (Å²) in [5, 5.41) is 6.92. The predicted octanol–water partition coefficient (Wildman–Crippen LogP) is 3.17. The number of carbonyl (C=O) groups is 1. The molecular weight excluding hydrogens is 310 g/mol. The van der Waals surface area contributed by atoms with E-state index in [1.165, 1.54) is 0 Å². The van der Waals surface area contributed by atoms with Crippen LogP contribution in [0.1, 0.15) is 11.6 Å². The number of amides is 1. The Morgan fingerprint density at radius 2 is 1.74 bits per heavy atom.